The van der Waals surface area contributed by atoms with Gasteiger partial charge in [0.2, 0.25) is 0 Å². The van der Waals surface area contributed by atoms with Crippen LogP contribution in [0.5, 0.6) is 0 Å². The van der Waals surface area contributed by atoms with Crippen LogP contribution >= 0.6 is 0 Å². The van der Waals surface area contributed by atoms with Crippen molar-refractivity contribution in [2.45, 2.75) is 83.2 Å². The van der Waals surface area contributed by atoms with Crippen molar-refractivity contribution in [1.82, 2.24) is 14.9 Å². The molecule has 0 aromatic carbocycles. The Kier molecular flexibility index (Phi) is 7.76. The normalized spacial score (nSPS) is 20.2. The molecule has 0 saturated heterocycles. The summed E-state index contributed by atoms with van der Waals surface area (Å²) in [6.07, 6.45) is 21.5. The molecular formula is C17H31N3. The van der Waals surface area contributed by atoms with Crippen LogP contribution in [0, 0.1) is 0 Å². The van der Waals surface area contributed by atoms with Crippen molar-refractivity contribution in [1.29, 1.82) is 0 Å². The van der Waals surface area contributed by atoms with Gasteiger partial charge in [0.25, 0.3) is 0 Å². The summed E-state index contributed by atoms with van der Waals surface area (Å²) in [5.74, 6) is 0. The molecule has 1 aromatic rings. The van der Waals surface area contributed by atoms with E-state index < -0.39 is 0 Å². The summed E-state index contributed by atoms with van der Waals surface area (Å²) in [4.78, 5) is 4.09. The van der Waals surface area contributed by atoms with Crippen molar-refractivity contribution >= 4 is 0 Å². The van der Waals surface area contributed by atoms with E-state index in [0.29, 0.717) is 0 Å². The lowest BCUT2D eigenvalue weighted by atomic mass is 9.98. The smallest absolute Gasteiger partial charge is 0.0946 e. The maximum absolute atomic E-state index is 4.09. The highest BCUT2D eigenvalue weighted by atomic mass is 15.0. The second-order valence-electron chi connectivity index (χ2n) is 6.21. The number of aromatic nitrogens is 2. The standard InChI is InChI=1S/C17H31N3/c1-2-4-6-8-10-17(11-9-7-5-3-1)19-13-15-20-14-12-18-16-20/h12,14,16-17,19H,1-11,13,15H2. The van der Waals surface area contributed by atoms with Crippen molar-refractivity contribution in [3.05, 3.63) is 18.7 Å². The molecule has 1 fully saturated rings. The average molecular weight is 277 g/mol. The van der Waals surface area contributed by atoms with Gasteiger partial charge in [0, 0.05) is 31.5 Å². The molecule has 1 heterocycles. The second kappa shape index (κ2) is 9.98. The molecule has 114 valence electrons. The first kappa shape index (κ1) is 15.6. The minimum atomic E-state index is 0.734. The van der Waals surface area contributed by atoms with Gasteiger partial charge in [0.1, 0.15) is 0 Å². The van der Waals surface area contributed by atoms with Crippen LogP contribution < -0.4 is 5.32 Å². The van der Waals surface area contributed by atoms with E-state index in [-0.39, 0.29) is 0 Å². The van der Waals surface area contributed by atoms with Gasteiger partial charge >= 0.3 is 0 Å². The van der Waals surface area contributed by atoms with Gasteiger partial charge < -0.3 is 9.88 Å². The zero-order chi connectivity index (χ0) is 13.9. The lowest BCUT2D eigenvalue weighted by molar-refractivity contribution is 0.397. The Hall–Kier alpha value is -0.830. The van der Waals surface area contributed by atoms with Gasteiger partial charge in [-0.3, -0.25) is 0 Å². The van der Waals surface area contributed by atoms with Crippen LogP contribution in [0.15, 0.2) is 18.7 Å². The number of hydrogen-bond donors (Lipinski definition) is 1. The van der Waals surface area contributed by atoms with Gasteiger partial charge in [-0.25, -0.2) is 4.98 Å². The molecule has 1 aromatic heterocycles. The number of nitrogens with one attached hydrogen (secondary N) is 1. The molecule has 0 unspecified atom stereocenters. The molecule has 0 atom stereocenters. The molecule has 1 aliphatic rings. The molecule has 0 spiro atoms. The van der Waals surface area contributed by atoms with Crippen molar-refractivity contribution in [3.63, 3.8) is 0 Å². The molecule has 1 saturated carbocycles. The van der Waals surface area contributed by atoms with E-state index in [4.69, 9.17) is 0 Å². The highest BCUT2D eigenvalue weighted by Crippen LogP contribution is 2.16. The second-order valence-corrected chi connectivity index (χ2v) is 6.21. The minimum absolute atomic E-state index is 0.734. The van der Waals surface area contributed by atoms with Gasteiger partial charge in [0.05, 0.1) is 6.33 Å². The van der Waals surface area contributed by atoms with E-state index in [1.54, 1.807) is 0 Å². The Morgan fingerprint density at radius 2 is 1.50 bits per heavy atom. The third kappa shape index (κ3) is 6.56. The Morgan fingerprint density at radius 1 is 0.900 bits per heavy atom. The molecule has 0 aliphatic heterocycles. The molecule has 3 heteroatoms. The molecule has 3 nitrogen and oxygen atoms in total. The fourth-order valence-corrected chi connectivity index (χ4v) is 3.18. The third-order valence-electron chi connectivity index (χ3n) is 4.47. The van der Waals surface area contributed by atoms with Crippen molar-refractivity contribution in [2.75, 3.05) is 6.54 Å². The highest BCUT2D eigenvalue weighted by molar-refractivity contribution is 4.75. The lowest BCUT2D eigenvalue weighted by Crippen LogP contribution is -2.31. The fourth-order valence-electron chi connectivity index (χ4n) is 3.18. The van der Waals surface area contributed by atoms with Gasteiger partial charge in [-0.2, -0.15) is 0 Å². The summed E-state index contributed by atoms with van der Waals surface area (Å²) in [5, 5.41) is 3.76. The number of imidazole rings is 1. The van der Waals surface area contributed by atoms with E-state index in [1.807, 2.05) is 18.7 Å². The summed E-state index contributed by atoms with van der Waals surface area (Å²) in [6.45, 7) is 2.11. The largest absolute Gasteiger partial charge is 0.336 e. The summed E-state index contributed by atoms with van der Waals surface area (Å²) < 4.78 is 2.16. The lowest BCUT2D eigenvalue weighted by Gasteiger charge is -2.19. The van der Waals surface area contributed by atoms with Gasteiger partial charge in [-0.15, -0.1) is 0 Å². The Labute approximate surface area is 124 Å². The molecular weight excluding hydrogens is 246 g/mol. The van der Waals surface area contributed by atoms with Crippen LogP contribution in [-0.2, 0) is 6.54 Å². The summed E-state index contributed by atoms with van der Waals surface area (Å²) >= 11 is 0. The van der Waals surface area contributed by atoms with Crippen LogP contribution in [0.4, 0.5) is 0 Å². The van der Waals surface area contributed by atoms with Crippen molar-refractivity contribution < 1.29 is 0 Å². The average Bonchev–Trinajstić information content (AvgIpc) is 2.94. The summed E-state index contributed by atoms with van der Waals surface area (Å²) in [5.41, 5.74) is 0. The zero-order valence-electron chi connectivity index (χ0n) is 12.9. The van der Waals surface area contributed by atoms with Gasteiger partial charge in [-0.1, -0.05) is 57.8 Å². The van der Waals surface area contributed by atoms with E-state index in [9.17, 15) is 0 Å². The quantitative estimate of drug-likeness (QED) is 0.896. The molecule has 2 rings (SSSR count). The van der Waals surface area contributed by atoms with Crippen LogP contribution in [0.25, 0.3) is 0 Å². The first-order valence-corrected chi connectivity index (χ1v) is 8.64. The van der Waals surface area contributed by atoms with Gasteiger partial charge in [0.15, 0.2) is 0 Å². The first-order chi connectivity index (χ1) is 9.95. The fraction of sp³-hybridized carbons (Fsp3) is 0.824. The predicted octanol–water partition coefficient (Wildman–Crippen LogP) is 4.15. The SMILES string of the molecule is c1cn(CCNC2CCCCCCCCCCC2)cn1. The number of hydrogen-bond acceptors (Lipinski definition) is 2. The van der Waals surface area contributed by atoms with E-state index >= 15 is 0 Å². The zero-order valence-corrected chi connectivity index (χ0v) is 12.9. The first-order valence-electron chi connectivity index (χ1n) is 8.64. The minimum Gasteiger partial charge on any atom is -0.336 e. The van der Waals surface area contributed by atoms with Crippen LogP contribution in [0.2, 0.25) is 0 Å². The van der Waals surface area contributed by atoms with Crippen LogP contribution in [0.1, 0.15) is 70.6 Å². The summed E-state index contributed by atoms with van der Waals surface area (Å²) in [7, 11) is 0. The molecule has 1 N–H and O–H groups in total. The molecule has 20 heavy (non-hydrogen) atoms. The summed E-state index contributed by atoms with van der Waals surface area (Å²) in [6, 6.07) is 0.734. The number of nitrogens with zero attached hydrogens (tertiary/aromatic N) is 2. The maximum atomic E-state index is 4.09. The molecule has 0 radical (unpaired) electrons. The van der Waals surface area contributed by atoms with E-state index in [1.165, 1.54) is 70.6 Å². The highest BCUT2D eigenvalue weighted by Gasteiger charge is 2.08. The third-order valence-corrected chi connectivity index (χ3v) is 4.47. The molecule has 0 bridgehead atoms. The predicted molar refractivity (Wildman–Crippen MR) is 84.8 cm³/mol. The number of rotatable bonds is 4. The topological polar surface area (TPSA) is 29.9 Å². The monoisotopic (exact) mass is 277 g/mol. The Morgan fingerprint density at radius 3 is 2.05 bits per heavy atom. The van der Waals surface area contributed by atoms with Crippen molar-refractivity contribution in [3.8, 4) is 0 Å². The van der Waals surface area contributed by atoms with Crippen molar-refractivity contribution in [2.24, 2.45) is 0 Å². The van der Waals surface area contributed by atoms with Gasteiger partial charge in [-0.05, 0) is 12.8 Å². The molecule has 1 aliphatic carbocycles. The van der Waals surface area contributed by atoms with E-state index in [2.05, 4.69) is 14.9 Å². The van der Waals surface area contributed by atoms with Crippen LogP contribution in [0.3, 0.4) is 0 Å². The van der Waals surface area contributed by atoms with E-state index in [0.717, 1.165) is 19.1 Å². The Balaban J connectivity index is 1.65. The Bertz CT molecular complexity index is 309. The van der Waals surface area contributed by atoms with Crippen LogP contribution in [-0.4, -0.2) is 22.1 Å². The molecule has 0 amide bonds. The maximum Gasteiger partial charge on any atom is 0.0946 e.